The van der Waals surface area contributed by atoms with Gasteiger partial charge in [-0.05, 0) is 36.4 Å². The van der Waals surface area contributed by atoms with Crippen LogP contribution in [0.2, 0.25) is 5.02 Å². The molecule has 2 aromatic carbocycles. The smallest absolute Gasteiger partial charge is 0.274 e. The Morgan fingerprint density at radius 2 is 1.90 bits per heavy atom. The van der Waals surface area contributed by atoms with Gasteiger partial charge in [-0.3, -0.25) is 18.9 Å². The molecule has 1 amide bonds. The lowest BCUT2D eigenvalue weighted by molar-refractivity contribution is 0.101. The Labute approximate surface area is 181 Å². The van der Waals surface area contributed by atoms with Crippen LogP contribution in [0.1, 0.15) is 10.5 Å². The number of benzene rings is 2. The third-order valence-corrected chi connectivity index (χ3v) is 6.13. The molecule has 0 unspecified atom stereocenters. The molecule has 0 spiro atoms. The number of amides is 1. The van der Waals surface area contributed by atoms with Crippen molar-refractivity contribution in [1.82, 2.24) is 19.6 Å². The summed E-state index contributed by atoms with van der Waals surface area (Å²) in [4.78, 5) is 12.8. The van der Waals surface area contributed by atoms with E-state index in [1.54, 1.807) is 14.1 Å². The summed E-state index contributed by atoms with van der Waals surface area (Å²) in [6.45, 7) is 0. The molecule has 0 aliphatic carbocycles. The van der Waals surface area contributed by atoms with E-state index in [0.29, 0.717) is 22.3 Å². The van der Waals surface area contributed by atoms with E-state index in [2.05, 4.69) is 20.2 Å². The number of nitrogens with one attached hydrogen (secondary N) is 2. The Bertz CT molecular complexity index is 1430. The Hall–Kier alpha value is -3.44. The van der Waals surface area contributed by atoms with Gasteiger partial charge in [-0.2, -0.15) is 10.2 Å². The van der Waals surface area contributed by atoms with Gasteiger partial charge in [-0.15, -0.1) is 0 Å². The van der Waals surface area contributed by atoms with E-state index in [4.69, 9.17) is 11.6 Å². The summed E-state index contributed by atoms with van der Waals surface area (Å²) >= 11 is 5.76. The van der Waals surface area contributed by atoms with E-state index >= 15 is 0 Å². The van der Waals surface area contributed by atoms with Crippen LogP contribution in [0.4, 0.5) is 15.8 Å². The van der Waals surface area contributed by atoms with Gasteiger partial charge in [-0.25, -0.2) is 12.8 Å². The first kappa shape index (κ1) is 20.8. The van der Waals surface area contributed by atoms with Crippen molar-refractivity contribution in [2.45, 2.75) is 4.90 Å². The molecule has 12 heteroatoms. The van der Waals surface area contributed by atoms with Gasteiger partial charge < -0.3 is 5.32 Å². The molecule has 0 fully saturated rings. The molecule has 9 nitrogen and oxygen atoms in total. The maximum Gasteiger partial charge on any atom is 0.274 e. The molecule has 160 valence electrons. The Balaban J connectivity index is 1.65. The summed E-state index contributed by atoms with van der Waals surface area (Å²) in [6.07, 6.45) is 2.92. The highest BCUT2D eigenvalue weighted by molar-refractivity contribution is 7.92. The zero-order valence-corrected chi connectivity index (χ0v) is 17.9. The quantitative estimate of drug-likeness (QED) is 0.473. The highest BCUT2D eigenvalue weighted by Crippen LogP contribution is 2.25. The van der Waals surface area contributed by atoms with Crippen molar-refractivity contribution in [3.8, 4) is 0 Å². The summed E-state index contributed by atoms with van der Waals surface area (Å²) in [5.41, 5.74) is 1.16. The number of rotatable bonds is 5. The zero-order chi connectivity index (χ0) is 22.3. The normalized spacial score (nSPS) is 11.6. The van der Waals surface area contributed by atoms with Gasteiger partial charge in [0.15, 0.2) is 0 Å². The monoisotopic (exact) mass is 462 g/mol. The van der Waals surface area contributed by atoms with E-state index in [9.17, 15) is 17.6 Å². The van der Waals surface area contributed by atoms with Crippen LogP contribution in [0, 0.1) is 5.82 Å². The van der Waals surface area contributed by atoms with Gasteiger partial charge in [0, 0.05) is 31.4 Å². The first-order chi connectivity index (χ1) is 14.6. The highest BCUT2D eigenvalue weighted by atomic mass is 35.5. The number of anilines is 2. The first-order valence-corrected chi connectivity index (χ1v) is 10.7. The van der Waals surface area contributed by atoms with Crippen molar-refractivity contribution < 1.29 is 17.6 Å². The largest absolute Gasteiger partial charge is 0.321 e. The van der Waals surface area contributed by atoms with E-state index in [0.717, 1.165) is 6.07 Å². The SMILES string of the molecule is Cn1cc(NS(=O)(=O)c2ccc3c(C(=O)Nc4ccc(F)c(Cl)c4)n(C)nc3c2)cn1. The van der Waals surface area contributed by atoms with Crippen LogP contribution in [0.25, 0.3) is 10.9 Å². The molecule has 0 aliphatic heterocycles. The van der Waals surface area contributed by atoms with Crippen molar-refractivity contribution >= 4 is 49.8 Å². The average Bonchev–Trinajstić information content (AvgIpc) is 3.25. The maximum atomic E-state index is 13.3. The van der Waals surface area contributed by atoms with E-state index in [1.807, 2.05) is 0 Å². The third-order valence-electron chi connectivity index (χ3n) is 4.47. The molecule has 0 saturated heterocycles. The number of carbonyl (C=O) groups is 1. The molecule has 4 rings (SSSR count). The number of carbonyl (C=O) groups excluding carboxylic acids is 1. The number of aromatic nitrogens is 4. The molecule has 4 aromatic rings. The number of nitrogens with zero attached hydrogens (tertiary/aromatic N) is 4. The van der Waals surface area contributed by atoms with Crippen LogP contribution < -0.4 is 10.0 Å². The number of aryl methyl sites for hydroxylation is 2. The second-order valence-electron chi connectivity index (χ2n) is 6.74. The summed E-state index contributed by atoms with van der Waals surface area (Å²) in [5.74, 6) is -1.10. The van der Waals surface area contributed by atoms with Crippen LogP contribution in [0.3, 0.4) is 0 Å². The predicted molar refractivity (Wildman–Crippen MR) is 114 cm³/mol. The summed E-state index contributed by atoms with van der Waals surface area (Å²) in [5, 5.41) is 11.1. The Morgan fingerprint density at radius 3 is 2.58 bits per heavy atom. The molecule has 31 heavy (non-hydrogen) atoms. The van der Waals surface area contributed by atoms with Crippen molar-refractivity contribution in [3.63, 3.8) is 0 Å². The fourth-order valence-electron chi connectivity index (χ4n) is 3.07. The van der Waals surface area contributed by atoms with Gasteiger partial charge in [0.2, 0.25) is 0 Å². The fraction of sp³-hybridized carbons (Fsp3) is 0.105. The molecule has 0 atom stereocenters. The fourth-order valence-corrected chi connectivity index (χ4v) is 4.30. The topological polar surface area (TPSA) is 111 Å². The van der Waals surface area contributed by atoms with Crippen LogP contribution in [-0.4, -0.2) is 33.9 Å². The lowest BCUT2D eigenvalue weighted by Gasteiger charge is -2.07. The molecule has 0 aliphatic rings. The van der Waals surface area contributed by atoms with Crippen molar-refractivity contribution in [2.75, 3.05) is 10.0 Å². The van der Waals surface area contributed by atoms with E-state index in [-0.39, 0.29) is 15.6 Å². The standard InChI is InChI=1S/C19H16ClFN6O3S/c1-26-10-12(9-22-26)25-31(29,30)13-4-5-14-17(8-13)24-27(2)18(14)19(28)23-11-3-6-16(21)15(20)7-11/h3-10,25H,1-2H3,(H,23,28). The number of fused-ring (bicyclic) bond motifs is 1. The van der Waals surface area contributed by atoms with Crippen molar-refractivity contribution in [1.29, 1.82) is 0 Å². The second-order valence-corrected chi connectivity index (χ2v) is 8.83. The van der Waals surface area contributed by atoms with Crippen LogP contribution >= 0.6 is 11.6 Å². The molecule has 2 heterocycles. The average molecular weight is 463 g/mol. The lowest BCUT2D eigenvalue weighted by Crippen LogP contribution is -2.16. The maximum absolute atomic E-state index is 13.3. The molecular formula is C19H16ClFN6O3S. The van der Waals surface area contributed by atoms with E-state index < -0.39 is 21.7 Å². The summed E-state index contributed by atoms with van der Waals surface area (Å²) < 4.78 is 43.9. The number of sulfonamides is 1. The van der Waals surface area contributed by atoms with Gasteiger partial charge in [0.25, 0.3) is 15.9 Å². The van der Waals surface area contributed by atoms with Crippen LogP contribution in [-0.2, 0) is 24.1 Å². The van der Waals surface area contributed by atoms with Crippen molar-refractivity contribution in [3.05, 3.63) is 65.3 Å². The van der Waals surface area contributed by atoms with Gasteiger partial charge in [0.1, 0.15) is 11.5 Å². The number of hydrogen-bond acceptors (Lipinski definition) is 5. The minimum Gasteiger partial charge on any atom is -0.321 e. The minimum atomic E-state index is -3.88. The third kappa shape index (κ3) is 4.09. The van der Waals surface area contributed by atoms with Crippen molar-refractivity contribution in [2.24, 2.45) is 14.1 Å². The molecule has 2 aromatic heterocycles. The van der Waals surface area contributed by atoms with Crippen LogP contribution in [0.15, 0.2) is 53.7 Å². The molecule has 2 N–H and O–H groups in total. The molecular weight excluding hydrogens is 447 g/mol. The minimum absolute atomic E-state index is 0.0146. The highest BCUT2D eigenvalue weighted by Gasteiger charge is 2.21. The van der Waals surface area contributed by atoms with Gasteiger partial charge >= 0.3 is 0 Å². The predicted octanol–water partition coefficient (Wildman–Crippen LogP) is 3.15. The summed E-state index contributed by atoms with van der Waals surface area (Å²) in [7, 11) is -0.641. The van der Waals surface area contributed by atoms with Gasteiger partial charge in [-0.1, -0.05) is 11.6 Å². The number of halogens is 2. The second kappa shape index (κ2) is 7.67. The molecule has 0 radical (unpaired) electrons. The van der Waals surface area contributed by atoms with Crippen LogP contribution in [0.5, 0.6) is 0 Å². The van der Waals surface area contributed by atoms with Gasteiger partial charge in [0.05, 0.1) is 27.3 Å². The van der Waals surface area contributed by atoms with E-state index in [1.165, 1.54) is 52.1 Å². The summed E-state index contributed by atoms with van der Waals surface area (Å²) in [6, 6.07) is 8.08. The molecule has 0 bridgehead atoms. The first-order valence-electron chi connectivity index (χ1n) is 8.89. The zero-order valence-electron chi connectivity index (χ0n) is 16.3. The number of hydrogen-bond donors (Lipinski definition) is 2. The Kier molecular flexibility index (Phi) is 5.15. The molecule has 0 saturated carbocycles. The Morgan fingerprint density at radius 1 is 1.13 bits per heavy atom. The lowest BCUT2D eigenvalue weighted by atomic mass is 10.2.